The summed E-state index contributed by atoms with van der Waals surface area (Å²) >= 11 is 0. The lowest BCUT2D eigenvalue weighted by molar-refractivity contribution is -0.136. The smallest absolute Gasteiger partial charge is 0.336 e. The molecule has 28 heavy (non-hydrogen) atoms. The maximum Gasteiger partial charge on any atom is 0.336 e. The normalized spacial score (nSPS) is 10.5. The number of amides is 2. The van der Waals surface area contributed by atoms with E-state index in [2.05, 4.69) is 5.32 Å². The van der Waals surface area contributed by atoms with Crippen LogP contribution in [0.3, 0.4) is 0 Å². The number of carbonyl (C=O) groups excluding carboxylic acids is 2. The maximum absolute atomic E-state index is 12.1. The van der Waals surface area contributed by atoms with Crippen LogP contribution >= 0.6 is 0 Å². The number of nitrogens with zero attached hydrogens (tertiary/aromatic N) is 1. The molecule has 0 aliphatic carbocycles. The Kier molecular flexibility index (Phi) is 5.74. The van der Waals surface area contributed by atoms with E-state index < -0.39 is 5.63 Å². The molecule has 2 amide bonds. The molecule has 0 bridgehead atoms. The standard InChI is InChI=1S/C21H20N2O5/c1-22-19(24)12-23(2)20(25)13-27-15-8-9-16-17(14-6-4-3-5-7-14)11-21(26)28-18(16)10-15/h3-11H,12-13H2,1-2H3,(H,22,24). The fourth-order valence-corrected chi connectivity index (χ4v) is 2.73. The molecule has 144 valence electrons. The summed E-state index contributed by atoms with van der Waals surface area (Å²) in [6, 6.07) is 16.1. The number of hydrogen-bond acceptors (Lipinski definition) is 5. The molecule has 1 N–H and O–H groups in total. The van der Waals surface area contributed by atoms with E-state index >= 15 is 0 Å². The SMILES string of the molecule is CNC(=O)CN(C)C(=O)COc1ccc2c(-c3ccccc3)cc(=O)oc2c1. The molecule has 0 unspecified atom stereocenters. The summed E-state index contributed by atoms with van der Waals surface area (Å²) < 4.78 is 10.8. The number of hydrogen-bond donors (Lipinski definition) is 1. The second-order valence-electron chi connectivity index (χ2n) is 6.21. The number of likely N-dealkylation sites (N-methyl/N-ethyl adjacent to an activating group) is 2. The van der Waals surface area contributed by atoms with Gasteiger partial charge in [0.1, 0.15) is 11.3 Å². The molecule has 2 aromatic carbocycles. The first-order chi connectivity index (χ1) is 13.5. The number of carbonyl (C=O) groups is 2. The van der Waals surface area contributed by atoms with Crippen molar-refractivity contribution in [3.05, 3.63) is 65.0 Å². The highest BCUT2D eigenvalue weighted by atomic mass is 16.5. The Hall–Kier alpha value is -3.61. The summed E-state index contributed by atoms with van der Waals surface area (Å²) in [6.45, 7) is -0.284. The van der Waals surface area contributed by atoms with Crippen molar-refractivity contribution in [1.82, 2.24) is 10.2 Å². The van der Waals surface area contributed by atoms with Crippen molar-refractivity contribution in [1.29, 1.82) is 0 Å². The van der Waals surface area contributed by atoms with Gasteiger partial charge in [-0.25, -0.2) is 4.79 Å². The molecule has 0 saturated heterocycles. The van der Waals surface area contributed by atoms with Gasteiger partial charge >= 0.3 is 5.63 Å². The number of benzene rings is 2. The zero-order valence-electron chi connectivity index (χ0n) is 15.6. The molecule has 1 aromatic heterocycles. The van der Waals surface area contributed by atoms with Gasteiger partial charge in [0.15, 0.2) is 6.61 Å². The molecule has 0 fully saturated rings. The van der Waals surface area contributed by atoms with Gasteiger partial charge in [-0.3, -0.25) is 9.59 Å². The second-order valence-corrected chi connectivity index (χ2v) is 6.21. The van der Waals surface area contributed by atoms with Crippen molar-refractivity contribution >= 4 is 22.8 Å². The molecule has 1 heterocycles. The summed E-state index contributed by atoms with van der Waals surface area (Å²) in [6.07, 6.45) is 0. The van der Waals surface area contributed by atoms with Crippen LogP contribution in [0.4, 0.5) is 0 Å². The van der Waals surface area contributed by atoms with Gasteiger partial charge in [-0.1, -0.05) is 30.3 Å². The highest BCUT2D eigenvalue weighted by Crippen LogP contribution is 2.29. The predicted octanol–water partition coefficient (Wildman–Crippen LogP) is 2.04. The largest absolute Gasteiger partial charge is 0.484 e. The lowest BCUT2D eigenvalue weighted by Crippen LogP contribution is -2.39. The van der Waals surface area contributed by atoms with Crippen molar-refractivity contribution in [2.24, 2.45) is 0 Å². The maximum atomic E-state index is 12.1. The zero-order valence-corrected chi connectivity index (χ0v) is 15.6. The van der Waals surface area contributed by atoms with E-state index in [9.17, 15) is 14.4 Å². The molecule has 0 radical (unpaired) electrons. The zero-order chi connectivity index (χ0) is 20.1. The van der Waals surface area contributed by atoms with Gasteiger partial charge in [0.2, 0.25) is 5.91 Å². The van der Waals surface area contributed by atoms with E-state index in [-0.39, 0.29) is 25.0 Å². The molecule has 0 atom stereocenters. The predicted molar refractivity (Wildman–Crippen MR) is 105 cm³/mol. The minimum absolute atomic E-state index is 0.0499. The van der Waals surface area contributed by atoms with Gasteiger partial charge < -0.3 is 19.4 Å². The number of ether oxygens (including phenoxy) is 1. The van der Waals surface area contributed by atoms with Crippen molar-refractivity contribution in [2.45, 2.75) is 0 Å². The highest BCUT2D eigenvalue weighted by molar-refractivity contribution is 5.93. The van der Waals surface area contributed by atoms with E-state index in [1.165, 1.54) is 25.1 Å². The minimum atomic E-state index is -0.468. The second kappa shape index (κ2) is 8.39. The highest BCUT2D eigenvalue weighted by Gasteiger charge is 2.14. The van der Waals surface area contributed by atoms with Crippen LogP contribution in [0.2, 0.25) is 0 Å². The molecule has 0 aliphatic heterocycles. The van der Waals surface area contributed by atoms with E-state index in [0.29, 0.717) is 11.3 Å². The third-order valence-electron chi connectivity index (χ3n) is 4.25. The average molecular weight is 380 g/mol. The monoisotopic (exact) mass is 380 g/mol. The van der Waals surface area contributed by atoms with Crippen LogP contribution in [0.5, 0.6) is 5.75 Å². The summed E-state index contributed by atoms with van der Waals surface area (Å²) in [4.78, 5) is 36.7. The van der Waals surface area contributed by atoms with Gasteiger partial charge in [-0.05, 0) is 23.3 Å². The Bertz CT molecular complexity index is 1060. The van der Waals surface area contributed by atoms with Gasteiger partial charge in [-0.2, -0.15) is 0 Å². The average Bonchev–Trinajstić information content (AvgIpc) is 2.71. The van der Waals surface area contributed by atoms with Crippen LogP contribution in [0.1, 0.15) is 0 Å². The lowest BCUT2D eigenvalue weighted by Gasteiger charge is -2.16. The summed E-state index contributed by atoms with van der Waals surface area (Å²) in [7, 11) is 3.02. The Morgan fingerprint density at radius 1 is 1.11 bits per heavy atom. The Morgan fingerprint density at radius 2 is 1.86 bits per heavy atom. The van der Waals surface area contributed by atoms with Crippen molar-refractivity contribution in [2.75, 3.05) is 27.2 Å². The van der Waals surface area contributed by atoms with Gasteiger partial charge in [0, 0.05) is 31.6 Å². The molecule has 0 saturated carbocycles. The number of rotatable bonds is 6. The van der Waals surface area contributed by atoms with Crippen molar-refractivity contribution in [3.63, 3.8) is 0 Å². The van der Waals surface area contributed by atoms with Gasteiger partial charge in [0.05, 0.1) is 6.54 Å². The molecule has 3 aromatic rings. The third kappa shape index (κ3) is 4.37. The quantitative estimate of drug-likeness (QED) is 0.661. The van der Waals surface area contributed by atoms with Crippen molar-refractivity contribution in [3.8, 4) is 16.9 Å². The number of nitrogens with one attached hydrogen (secondary N) is 1. The first kappa shape index (κ1) is 19.2. The van der Waals surface area contributed by atoms with Crippen LogP contribution in [0.15, 0.2) is 63.8 Å². The molecule has 3 rings (SSSR count). The third-order valence-corrected chi connectivity index (χ3v) is 4.25. The first-order valence-corrected chi connectivity index (χ1v) is 8.68. The summed E-state index contributed by atoms with van der Waals surface area (Å²) in [5.74, 6) is -0.220. The van der Waals surface area contributed by atoms with E-state index in [0.717, 1.165) is 16.5 Å². The van der Waals surface area contributed by atoms with Crippen LogP contribution < -0.4 is 15.7 Å². The minimum Gasteiger partial charge on any atom is -0.484 e. The Morgan fingerprint density at radius 3 is 2.57 bits per heavy atom. The Balaban J connectivity index is 1.80. The summed E-state index contributed by atoms with van der Waals surface area (Å²) in [5, 5.41) is 3.22. The molecular weight excluding hydrogens is 360 g/mol. The lowest BCUT2D eigenvalue weighted by atomic mass is 10.0. The number of fused-ring (bicyclic) bond motifs is 1. The van der Waals surface area contributed by atoms with Crippen LogP contribution in [0.25, 0.3) is 22.1 Å². The molecular formula is C21H20N2O5. The first-order valence-electron chi connectivity index (χ1n) is 8.68. The van der Waals surface area contributed by atoms with Crippen LogP contribution in [0, 0.1) is 0 Å². The summed E-state index contributed by atoms with van der Waals surface area (Å²) in [5.41, 5.74) is 1.57. The van der Waals surface area contributed by atoms with E-state index in [1.807, 2.05) is 30.3 Å². The van der Waals surface area contributed by atoms with Crippen molar-refractivity contribution < 1.29 is 18.7 Å². The topological polar surface area (TPSA) is 88.9 Å². The van der Waals surface area contributed by atoms with E-state index in [1.54, 1.807) is 18.2 Å². The fourth-order valence-electron chi connectivity index (χ4n) is 2.73. The Labute approximate surface area is 161 Å². The fraction of sp³-hybridized carbons (Fsp3) is 0.190. The van der Waals surface area contributed by atoms with Gasteiger partial charge in [-0.15, -0.1) is 0 Å². The molecule has 0 spiro atoms. The van der Waals surface area contributed by atoms with Crippen LogP contribution in [-0.4, -0.2) is 44.0 Å². The van der Waals surface area contributed by atoms with Gasteiger partial charge in [0.25, 0.3) is 5.91 Å². The van der Waals surface area contributed by atoms with Crippen LogP contribution in [-0.2, 0) is 9.59 Å². The molecule has 0 aliphatic rings. The molecule has 7 heteroatoms. The molecule has 7 nitrogen and oxygen atoms in total. The van der Waals surface area contributed by atoms with E-state index in [4.69, 9.17) is 9.15 Å².